The van der Waals surface area contributed by atoms with Crippen LogP contribution in [0.15, 0.2) is 12.1 Å². The van der Waals surface area contributed by atoms with E-state index in [0.29, 0.717) is 29.3 Å². The van der Waals surface area contributed by atoms with Gasteiger partial charge in [0.25, 0.3) is 0 Å². The minimum Gasteiger partial charge on any atom is -0.478 e. The number of pyridine rings is 1. The zero-order chi connectivity index (χ0) is 15.4. The maximum atomic E-state index is 11.3. The number of nitrogens with zero attached hydrogens (tertiary/aromatic N) is 1. The van der Waals surface area contributed by atoms with Gasteiger partial charge in [-0.25, -0.2) is 9.78 Å². The number of carboxylic acid groups (broad SMARTS) is 1. The van der Waals surface area contributed by atoms with E-state index in [1.165, 1.54) is 12.8 Å². The monoisotopic (exact) mass is 290 g/mol. The van der Waals surface area contributed by atoms with Crippen LogP contribution in [-0.4, -0.2) is 22.1 Å². The van der Waals surface area contributed by atoms with Crippen molar-refractivity contribution < 1.29 is 9.90 Å². The molecule has 4 heteroatoms. The summed E-state index contributed by atoms with van der Waals surface area (Å²) in [5.74, 6) is 1.12. The Morgan fingerprint density at radius 2 is 2.14 bits per heavy atom. The van der Waals surface area contributed by atoms with E-state index in [2.05, 4.69) is 31.1 Å². The molecular weight excluding hydrogens is 264 g/mol. The molecule has 3 atom stereocenters. The molecule has 0 bridgehead atoms. The van der Waals surface area contributed by atoms with Crippen LogP contribution in [0.5, 0.6) is 0 Å². The van der Waals surface area contributed by atoms with Gasteiger partial charge >= 0.3 is 5.97 Å². The minimum absolute atomic E-state index is 0.326. The van der Waals surface area contributed by atoms with Crippen LogP contribution >= 0.6 is 0 Å². The highest BCUT2D eigenvalue weighted by molar-refractivity contribution is 5.88. The molecule has 1 aromatic rings. The molecule has 2 N–H and O–H groups in total. The summed E-state index contributed by atoms with van der Waals surface area (Å²) >= 11 is 0. The molecule has 0 saturated heterocycles. The first kappa shape index (κ1) is 15.8. The van der Waals surface area contributed by atoms with Gasteiger partial charge in [-0.15, -0.1) is 0 Å². The van der Waals surface area contributed by atoms with E-state index in [-0.39, 0.29) is 0 Å². The van der Waals surface area contributed by atoms with Gasteiger partial charge in [-0.3, -0.25) is 0 Å². The highest BCUT2D eigenvalue weighted by atomic mass is 16.4. The van der Waals surface area contributed by atoms with E-state index < -0.39 is 5.97 Å². The van der Waals surface area contributed by atoms with Crippen molar-refractivity contribution in [2.45, 2.75) is 58.9 Å². The first-order chi connectivity index (χ1) is 10.0. The van der Waals surface area contributed by atoms with Crippen molar-refractivity contribution in [3.8, 4) is 0 Å². The van der Waals surface area contributed by atoms with Gasteiger partial charge in [0.15, 0.2) is 0 Å². The van der Waals surface area contributed by atoms with Gasteiger partial charge < -0.3 is 10.4 Å². The number of aromatic carboxylic acids is 1. The molecule has 1 aromatic heterocycles. The minimum atomic E-state index is -0.886. The van der Waals surface area contributed by atoms with Crippen LogP contribution < -0.4 is 5.32 Å². The molecule has 1 heterocycles. The molecule has 0 spiro atoms. The molecule has 0 aliphatic heterocycles. The summed E-state index contributed by atoms with van der Waals surface area (Å²) in [4.78, 5) is 15.8. The fraction of sp³-hybridized carbons (Fsp3) is 0.647. The molecule has 2 rings (SSSR count). The van der Waals surface area contributed by atoms with Crippen molar-refractivity contribution in [1.82, 2.24) is 4.98 Å². The topological polar surface area (TPSA) is 62.2 Å². The molecular formula is C17H26N2O2. The van der Waals surface area contributed by atoms with Crippen LogP contribution in [0.1, 0.15) is 62.5 Å². The third-order valence-corrected chi connectivity index (χ3v) is 4.67. The lowest BCUT2D eigenvalue weighted by Gasteiger charge is -2.35. The fourth-order valence-electron chi connectivity index (χ4n) is 3.15. The zero-order valence-electron chi connectivity index (χ0n) is 13.2. The third kappa shape index (κ3) is 3.96. The smallest absolute Gasteiger partial charge is 0.335 e. The van der Waals surface area contributed by atoms with E-state index in [1.807, 2.05) is 0 Å². The summed E-state index contributed by atoms with van der Waals surface area (Å²) in [6.07, 6.45) is 5.42. The Balaban J connectivity index is 2.19. The molecule has 21 heavy (non-hydrogen) atoms. The van der Waals surface area contributed by atoms with Gasteiger partial charge in [0, 0.05) is 11.7 Å². The summed E-state index contributed by atoms with van der Waals surface area (Å²) < 4.78 is 0. The van der Waals surface area contributed by atoms with Crippen molar-refractivity contribution in [2.24, 2.45) is 11.8 Å². The SMILES string of the molecule is CCCc1cc(C(=O)O)cc(NC2CCCC(C)C2C)n1. The lowest BCUT2D eigenvalue weighted by atomic mass is 9.78. The number of hydrogen-bond acceptors (Lipinski definition) is 3. The van der Waals surface area contributed by atoms with Crippen LogP contribution in [0.4, 0.5) is 5.82 Å². The zero-order valence-corrected chi connectivity index (χ0v) is 13.2. The number of aryl methyl sites for hydroxylation is 1. The second kappa shape index (κ2) is 6.92. The third-order valence-electron chi connectivity index (χ3n) is 4.67. The summed E-state index contributed by atoms with van der Waals surface area (Å²) in [7, 11) is 0. The Morgan fingerprint density at radius 3 is 2.81 bits per heavy atom. The lowest BCUT2D eigenvalue weighted by molar-refractivity contribution is 0.0696. The largest absolute Gasteiger partial charge is 0.478 e. The number of hydrogen-bond donors (Lipinski definition) is 2. The van der Waals surface area contributed by atoms with Gasteiger partial charge in [-0.1, -0.05) is 40.0 Å². The lowest BCUT2D eigenvalue weighted by Crippen LogP contribution is -2.35. The number of aromatic nitrogens is 1. The molecule has 116 valence electrons. The average Bonchev–Trinajstić information content (AvgIpc) is 2.44. The second-order valence-electron chi connectivity index (χ2n) is 6.31. The predicted octanol–water partition coefficient (Wildman–Crippen LogP) is 3.97. The number of rotatable bonds is 5. The summed E-state index contributed by atoms with van der Waals surface area (Å²) in [5, 5.41) is 12.7. The van der Waals surface area contributed by atoms with Gasteiger partial charge in [-0.2, -0.15) is 0 Å². The number of anilines is 1. The van der Waals surface area contributed by atoms with Gasteiger partial charge in [0.1, 0.15) is 5.82 Å². The van der Waals surface area contributed by atoms with E-state index in [1.54, 1.807) is 12.1 Å². The molecule has 0 aromatic carbocycles. The molecule has 1 aliphatic carbocycles. The maximum Gasteiger partial charge on any atom is 0.335 e. The van der Waals surface area contributed by atoms with E-state index in [9.17, 15) is 9.90 Å². The van der Waals surface area contributed by atoms with E-state index in [4.69, 9.17) is 0 Å². The van der Waals surface area contributed by atoms with Crippen molar-refractivity contribution in [3.05, 3.63) is 23.4 Å². The Morgan fingerprint density at radius 1 is 1.38 bits per heavy atom. The highest BCUT2D eigenvalue weighted by Crippen LogP contribution is 2.31. The molecule has 0 radical (unpaired) electrons. The Kier molecular flexibility index (Phi) is 5.21. The van der Waals surface area contributed by atoms with Crippen molar-refractivity contribution >= 4 is 11.8 Å². The van der Waals surface area contributed by atoms with Crippen LogP contribution in [0, 0.1) is 11.8 Å². The molecule has 1 fully saturated rings. The molecule has 3 unspecified atom stereocenters. The maximum absolute atomic E-state index is 11.3. The first-order valence-electron chi connectivity index (χ1n) is 8.02. The Labute approximate surface area is 127 Å². The second-order valence-corrected chi connectivity index (χ2v) is 6.31. The summed E-state index contributed by atoms with van der Waals surface area (Å²) in [5.41, 5.74) is 1.18. The Hall–Kier alpha value is -1.58. The summed E-state index contributed by atoms with van der Waals surface area (Å²) in [6.45, 7) is 6.64. The number of nitrogens with one attached hydrogen (secondary N) is 1. The molecule has 1 saturated carbocycles. The molecule has 1 aliphatic rings. The van der Waals surface area contributed by atoms with Crippen molar-refractivity contribution in [1.29, 1.82) is 0 Å². The first-order valence-corrected chi connectivity index (χ1v) is 8.02. The van der Waals surface area contributed by atoms with Crippen molar-refractivity contribution in [2.75, 3.05) is 5.32 Å². The summed E-state index contributed by atoms with van der Waals surface area (Å²) in [6, 6.07) is 3.73. The highest BCUT2D eigenvalue weighted by Gasteiger charge is 2.27. The van der Waals surface area contributed by atoms with Crippen LogP contribution in [0.3, 0.4) is 0 Å². The average molecular weight is 290 g/mol. The van der Waals surface area contributed by atoms with Crippen molar-refractivity contribution in [3.63, 3.8) is 0 Å². The van der Waals surface area contributed by atoms with Gasteiger partial charge in [0.05, 0.1) is 5.56 Å². The fourth-order valence-corrected chi connectivity index (χ4v) is 3.15. The Bertz CT molecular complexity index is 502. The van der Waals surface area contributed by atoms with Crippen LogP contribution in [0.25, 0.3) is 0 Å². The molecule has 0 amide bonds. The number of carboxylic acids is 1. The molecule has 4 nitrogen and oxygen atoms in total. The van der Waals surface area contributed by atoms with E-state index >= 15 is 0 Å². The van der Waals surface area contributed by atoms with E-state index in [0.717, 1.165) is 25.0 Å². The van der Waals surface area contributed by atoms with Gasteiger partial charge in [0.2, 0.25) is 0 Å². The quantitative estimate of drug-likeness (QED) is 0.861. The van der Waals surface area contributed by atoms with Crippen LogP contribution in [-0.2, 0) is 6.42 Å². The standard InChI is InChI=1S/C17H26N2O2/c1-4-6-14-9-13(17(20)21)10-16(18-14)19-15-8-5-7-11(2)12(15)3/h9-12,15H,4-8H2,1-3H3,(H,18,19)(H,20,21). The number of carbonyl (C=O) groups is 1. The van der Waals surface area contributed by atoms with Gasteiger partial charge in [-0.05, 0) is 36.8 Å². The van der Waals surface area contributed by atoms with Crippen LogP contribution in [0.2, 0.25) is 0 Å². The normalized spacial score (nSPS) is 25.6. The predicted molar refractivity (Wildman–Crippen MR) is 84.8 cm³/mol.